The molecule has 1 aliphatic heterocycles. The summed E-state index contributed by atoms with van der Waals surface area (Å²) in [5, 5.41) is 12.1. The molecule has 2 aromatic carbocycles. The Labute approximate surface area is 204 Å². The number of benzene rings is 2. The highest BCUT2D eigenvalue weighted by atomic mass is 32.2. The molecule has 1 atom stereocenters. The second kappa shape index (κ2) is 10.7. The van der Waals surface area contributed by atoms with Gasteiger partial charge >= 0.3 is 0 Å². The number of anilines is 1. The Balaban J connectivity index is 1.28. The number of hydrogen-bond donors (Lipinski definition) is 1. The number of nitrogens with one attached hydrogen (secondary N) is 1. The average molecular weight is 479 g/mol. The molecule has 1 saturated heterocycles. The summed E-state index contributed by atoms with van der Waals surface area (Å²) in [6.45, 7) is 6.93. The lowest BCUT2D eigenvalue weighted by Gasteiger charge is -2.36. The van der Waals surface area contributed by atoms with Crippen LogP contribution in [0.15, 0.2) is 59.8 Å². The van der Waals surface area contributed by atoms with Crippen LogP contribution < -0.4 is 10.2 Å². The van der Waals surface area contributed by atoms with Crippen LogP contribution in [0.4, 0.5) is 5.69 Å². The Kier molecular flexibility index (Phi) is 7.52. The monoisotopic (exact) mass is 478 g/mol. The first kappa shape index (κ1) is 23.8. The van der Waals surface area contributed by atoms with Gasteiger partial charge in [-0.15, -0.1) is 10.2 Å². The summed E-state index contributed by atoms with van der Waals surface area (Å²) in [4.78, 5) is 29.5. The highest BCUT2D eigenvalue weighted by Gasteiger charge is 2.23. The van der Waals surface area contributed by atoms with Gasteiger partial charge in [0.2, 0.25) is 5.91 Å². The van der Waals surface area contributed by atoms with E-state index in [1.807, 2.05) is 60.7 Å². The fourth-order valence-corrected chi connectivity index (χ4v) is 4.77. The summed E-state index contributed by atoms with van der Waals surface area (Å²) in [5.74, 6) is 0.894. The molecule has 3 aromatic rings. The van der Waals surface area contributed by atoms with E-state index in [1.54, 1.807) is 12.1 Å². The van der Waals surface area contributed by atoms with E-state index >= 15 is 0 Å². The summed E-state index contributed by atoms with van der Waals surface area (Å²) in [6.07, 6.45) is 0. The Morgan fingerprint density at radius 1 is 1.00 bits per heavy atom. The molecule has 1 aliphatic rings. The fourth-order valence-electron chi connectivity index (χ4n) is 3.95. The number of amides is 2. The predicted octanol–water partition coefficient (Wildman–Crippen LogP) is 3.06. The number of aromatic nitrogens is 3. The molecule has 0 aliphatic carbocycles. The molecule has 9 heteroatoms. The molecule has 1 aromatic heterocycles. The number of rotatable bonds is 7. The van der Waals surface area contributed by atoms with Gasteiger partial charge in [-0.05, 0) is 38.1 Å². The summed E-state index contributed by atoms with van der Waals surface area (Å²) >= 11 is 1.37. The molecule has 34 heavy (non-hydrogen) atoms. The van der Waals surface area contributed by atoms with Crippen LogP contribution in [-0.2, 0) is 11.8 Å². The molecule has 0 spiro atoms. The minimum atomic E-state index is -0.317. The largest absolute Gasteiger partial charge is 0.368 e. The number of carbonyl (C=O) groups is 2. The van der Waals surface area contributed by atoms with Gasteiger partial charge in [-0.25, -0.2) is 0 Å². The average Bonchev–Trinajstić information content (AvgIpc) is 3.23. The van der Waals surface area contributed by atoms with Gasteiger partial charge in [0.05, 0.1) is 11.8 Å². The molecule has 178 valence electrons. The highest BCUT2D eigenvalue weighted by Crippen LogP contribution is 2.21. The van der Waals surface area contributed by atoms with Crippen LogP contribution >= 0.6 is 11.8 Å². The van der Waals surface area contributed by atoms with E-state index in [0.717, 1.165) is 18.7 Å². The Morgan fingerprint density at radius 3 is 2.35 bits per heavy atom. The quantitative estimate of drug-likeness (QED) is 0.526. The standard InChI is InChI=1S/C25H30N6O2S/c1-18-9-11-20(12-10-18)24(33)26-19(2)23-27-28-25(29(23)3)34-17-22(32)31-15-13-30(14-16-31)21-7-5-4-6-8-21/h4-12,19H,13-17H2,1-3H3,(H,26,33)/t19-/m1/s1. The van der Waals surface area contributed by atoms with E-state index in [0.29, 0.717) is 35.4 Å². The number of nitrogens with zero attached hydrogens (tertiary/aromatic N) is 5. The van der Waals surface area contributed by atoms with E-state index in [1.165, 1.54) is 17.4 Å². The van der Waals surface area contributed by atoms with Crippen LogP contribution in [-0.4, -0.2) is 63.4 Å². The van der Waals surface area contributed by atoms with Gasteiger partial charge in [0.25, 0.3) is 5.91 Å². The second-order valence-corrected chi connectivity index (χ2v) is 9.40. The summed E-state index contributed by atoms with van der Waals surface area (Å²) in [7, 11) is 1.86. The van der Waals surface area contributed by atoms with E-state index in [4.69, 9.17) is 0 Å². The lowest BCUT2D eigenvalue weighted by atomic mass is 10.1. The zero-order chi connectivity index (χ0) is 24.1. The van der Waals surface area contributed by atoms with Crippen LogP contribution in [0.3, 0.4) is 0 Å². The van der Waals surface area contributed by atoms with Gasteiger partial charge in [0.15, 0.2) is 11.0 Å². The van der Waals surface area contributed by atoms with Crippen LogP contribution in [0.1, 0.15) is 34.7 Å². The summed E-state index contributed by atoms with van der Waals surface area (Å²) in [6, 6.07) is 17.4. The first-order valence-electron chi connectivity index (χ1n) is 11.4. The molecular formula is C25H30N6O2S. The van der Waals surface area contributed by atoms with Gasteiger partial charge < -0.3 is 19.7 Å². The molecule has 8 nitrogen and oxygen atoms in total. The Bertz CT molecular complexity index is 1120. The number of hydrogen-bond acceptors (Lipinski definition) is 6. The van der Waals surface area contributed by atoms with Crippen molar-refractivity contribution in [3.05, 3.63) is 71.5 Å². The van der Waals surface area contributed by atoms with Crippen molar-refractivity contribution >= 4 is 29.3 Å². The maximum absolute atomic E-state index is 12.8. The molecule has 0 bridgehead atoms. The second-order valence-electron chi connectivity index (χ2n) is 8.45. The van der Waals surface area contributed by atoms with Gasteiger partial charge in [-0.2, -0.15) is 0 Å². The molecular weight excluding hydrogens is 448 g/mol. The minimum Gasteiger partial charge on any atom is -0.368 e. The SMILES string of the molecule is Cc1ccc(C(=O)N[C@H](C)c2nnc(SCC(=O)N3CCN(c4ccccc4)CC3)n2C)cc1. The van der Waals surface area contributed by atoms with Crippen LogP contribution in [0.5, 0.6) is 0 Å². The molecule has 4 rings (SSSR count). The van der Waals surface area contributed by atoms with Crippen molar-refractivity contribution in [3.8, 4) is 0 Å². The van der Waals surface area contributed by atoms with Gasteiger partial charge in [0, 0.05) is 44.5 Å². The molecule has 0 saturated carbocycles. The van der Waals surface area contributed by atoms with Crippen molar-refractivity contribution in [2.24, 2.45) is 7.05 Å². The maximum Gasteiger partial charge on any atom is 0.251 e. The molecule has 2 amide bonds. The highest BCUT2D eigenvalue weighted by molar-refractivity contribution is 7.99. The molecule has 0 radical (unpaired) electrons. The third kappa shape index (κ3) is 5.59. The Hall–Kier alpha value is -3.33. The minimum absolute atomic E-state index is 0.1000. The number of aryl methyl sites for hydroxylation is 1. The van der Waals surface area contributed by atoms with Crippen LogP contribution in [0.2, 0.25) is 0 Å². The van der Waals surface area contributed by atoms with Gasteiger partial charge in [-0.3, -0.25) is 9.59 Å². The van der Waals surface area contributed by atoms with Crippen molar-refractivity contribution in [2.45, 2.75) is 25.0 Å². The first-order valence-corrected chi connectivity index (χ1v) is 12.4. The molecule has 0 unspecified atom stereocenters. The fraction of sp³-hybridized carbons (Fsp3) is 0.360. The lowest BCUT2D eigenvalue weighted by molar-refractivity contribution is -0.128. The van der Waals surface area contributed by atoms with Crippen molar-refractivity contribution < 1.29 is 9.59 Å². The van der Waals surface area contributed by atoms with Crippen molar-refractivity contribution in [1.82, 2.24) is 25.0 Å². The van der Waals surface area contributed by atoms with E-state index < -0.39 is 0 Å². The summed E-state index contributed by atoms with van der Waals surface area (Å²) < 4.78 is 1.84. The number of carbonyl (C=O) groups excluding carboxylic acids is 2. The third-order valence-corrected chi connectivity index (χ3v) is 7.00. The maximum atomic E-state index is 12.8. The van der Waals surface area contributed by atoms with Crippen molar-refractivity contribution in [3.63, 3.8) is 0 Å². The topological polar surface area (TPSA) is 83.4 Å². The third-order valence-electron chi connectivity index (χ3n) is 6.00. The van der Waals surface area contributed by atoms with E-state index in [9.17, 15) is 9.59 Å². The molecule has 1 N–H and O–H groups in total. The van der Waals surface area contributed by atoms with Gasteiger partial charge in [-0.1, -0.05) is 47.7 Å². The smallest absolute Gasteiger partial charge is 0.251 e. The predicted molar refractivity (Wildman–Crippen MR) is 134 cm³/mol. The van der Waals surface area contributed by atoms with Crippen LogP contribution in [0.25, 0.3) is 0 Å². The number of thioether (sulfide) groups is 1. The van der Waals surface area contributed by atoms with Crippen LogP contribution in [0, 0.1) is 6.92 Å². The number of piperazine rings is 1. The van der Waals surface area contributed by atoms with Crippen molar-refractivity contribution in [1.29, 1.82) is 0 Å². The zero-order valence-corrected chi connectivity index (χ0v) is 20.6. The molecule has 2 heterocycles. The zero-order valence-electron chi connectivity index (χ0n) is 19.8. The normalized spacial score (nSPS) is 14.7. The molecule has 1 fully saturated rings. The first-order chi connectivity index (χ1) is 16.4. The van der Waals surface area contributed by atoms with Gasteiger partial charge in [0.1, 0.15) is 0 Å². The van der Waals surface area contributed by atoms with Crippen molar-refractivity contribution in [2.75, 3.05) is 36.8 Å². The van der Waals surface area contributed by atoms with E-state index in [-0.39, 0.29) is 17.9 Å². The van der Waals surface area contributed by atoms with E-state index in [2.05, 4.69) is 32.5 Å². The lowest BCUT2D eigenvalue weighted by Crippen LogP contribution is -2.49. The summed E-state index contributed by atoms with van der Waals surface area (Å²) in [5.41, 5.74) is 2.90. The number of para-hydroxylation sites is 1. The Morgan fingerprint density at radius 2 is 1.68 bits per heavy atom.